The maximum Gasteiger partial charge on any atom is 0.154 e. The first kappa shape index (κ1) is 16.4. The van der Waals surface area contributed by atoms with Gasteiger partial charge in [-0.15, -0.1) is 0 Å². The van der Waals surface area contributed by atoms with Gasteiger partial charge in [0.1, 0.15) is 17.4 Å². The Morgan fingerprint density at radius 1 is 1.23 bits per heavy atom. The second kappa shape index (κ2) is 6.15. The molecule has 0 saturated carbocycles. The van der Waals surface area contributed by atoms with E-state index in [9.17, 15) is 0 Å². The lowest BCUT2D eigenvalue weighted by molar-refractivity contribution is -0.0628. The number of aliphatic imine (C=N–C) groups is 1. The fourth-order valence-electron chi connectivity index (χ4n) is 4.16. The molecule has 2 N–H and O–H groups in total. The van der Waals surface area contributed by atoms with Gasteiger partial charge >= 0.3 is 0 Å². The van der Waals surface area contributed by atoms with Gasteiger partial charge in [0.25, 0.3) is 0 Å². The molecule has 7 heteroatoms. The van der Waals surface area contributed by atoms with E-state index in [1.54, 1.807) is 18.0 Å². The summed E-state index contributed by atoms with van der Waals surface area (Å²) in [7, 11) is 0. The van der Waals surface area contributed by atoms with E-state index in [4.69, 9.17) is 31.8 Å². The average molecular weight is 388 g/mol. The number of ether oxygens (including phenoxy) is 2. The molecule has 26 heavy (non-hydrogen) atoms. The lowest BCUT2D eigenvalue weighted by Crippen LogP contribution is -2.52. The standard InChI is InChI=1S/C19H18ClN3O2S/c20-13-5-12(7-22-8-13)11-1-2-16-14(6-11)19(10-26-18(21)23-19)15-9-24-4-3-17(15)25-16/h1-2,5-8,15,17H,3-4,9-10H2,(H2,21,23)/t15-,17-,19-/m0/s1. The third-order valence-corrected chi connectivity index (χ3v) is 6.60. The number of amidine groups is 1. The molecule has 1 aromatic heterocycles. The Morgan fingerprint density at radius 3 is 2.96 bits per heavy atom. The minimum Gasteiger partial charge on any atom is -0.489 e. The molecule has 3 aliphatic heterocycles. The maximum atomic E-state index is 6.33. The van der Waals surface area contributed by atoms with E-state index >= 15 is 0 Å². The molecule has 4 heterocycles. The van der Waals surface area contributed by atoms with E-state index in [1.165, 1.54) is 0 Å². The molecular formula is C19H18ClN3O2S. The van der Waals surface area contributed by atoms with Crippen molar-refractivity contribution < 1.29 is 9.47 Å². The molecule has 1 fully saturated rings. The minimum absolute atomic E-state index is 0.116. The van der Waals surface area contributed by atoms with Crippen molar-refractivity contribution in [3.63, 3.8) is 0 Å². The van der Waals surface area contributed by atoms with E-state index < -0.39 is 5.54 Å². The fraction of sp³-hybridized carbons (Fsp3) is 0.368. The lowest BCUT2D eigenvalue weighted by atomic mass is 9.73. The fourth-order valence-corrected chi connectivity index (χ4v) is 5.36. The normalized spacial score (nSPS) is 29.7. The Balaban J connectivity index is 1.67. The molecule has 1 aromatic carbocycles. The first-order valence-electron chi connectivity index (χ1n) is 8.64. The Labute approximate surface area is 160 Å². The summed E-state index contributed by atoms with van der Waals surface area (Å²) in [5, 5.41) is 1.25. The summed E-state index contributed by atoms with van der Waals surface area (Å²) in [6, 6.07) is 8.15. The quantitative estimate of drug-likeness (QED) is 0.811. The largest absolute Gasteiger partial charge is 0.489 e. The van der Waals surface area contributed by atoms with Crippen LogP contribution < -0.4 is 10.5 Å². The molecular weight excluding hydrogens is 370 g/mol. The van der Waals surface area contributed by atoms with Crippen LogP contribution in [0.1, 0.15) is 12.0 Å². The van der Waals surface area contributed by atoms with E-state index in [0.717, 1.165) is 41.2 Å². The number of hydrogen-bond donors (Lipinski definition) is 1. The summed E-state index contributed by atoms with van der Waals surface area (Å²) < 4.78 is 12.1. The van der Waals surface area contributed by atoms with Gasteiger partial charge in [0, 0.05) is 41.6 Å². The summed E-state index contributed by atoms with van der Waals surface area (Å²) in [5.74, 6) is 1.88. The number of hydrogen-bond acceptors (Lipinski definition) is 6. The van der Waals surface area contributed by atoms with Gasteiger partial charge in [0.15, 0.2) is 5.17 Å². The van der Waals surface area contributed by atoms with Gasteiger partial charge in [-0.05, 0) is 23.8 Å². The van der Waals surface area contributed by atoms with E-state index in [0.29, 0.717) is 16.8 Å². The number of fused-ring (bicyclic) bond motifs is 4. The number of halogens is 1. The second-order valence-electron chi connectivity index (χ2n) is 6.89. The Bertz CT molecular complexity index is 906. The SMILES string of the molecule is NC1=N[C@@]2(CS1)c1cc(-c3cncc(Cl)c3)ccc1O[C@H]1CCOC[C@@H]12. The predicted octanol–water partition coefficient (Wildman–Crippen LogP) is 3.46. The summed E-state index contributed by atoms with van der Waals surface area (Å²) in [4.78, 5) is 9.12. The number of nitrogens with zero attached hydrogens (tertiary/aromatic N) is 2. The smallest absolute Gasteiger partial charge is 0.154 e. The van der Waals surface area contributed by atoms with Gasteiger partial charge in [-0.3, -0.25) is 4.98 Å². The molecule has 3 aliphatic rings. The average Bonchev–Trinajstić information content (AvgIpc) is 3.04. The second-order valence-corrected chi connectivity index (χ2v) is 8.32. The monoisotopic (exact) mass is 387 g/mol. The zero-order chi connectivity index (χ0) is 17.7. The first-order chi connectivity index (χ1) is 12.7. The van der Waals surface area contributed by atoms with Crippen LogP contribution in [0.3, 0.4) is 0 Å². The highest BCUT2D eigenvalue weighted by molar-refractivity contribution is 8.14. The van der Waals surface area contributed by atoms with Crippen LogP contribution in [0.5, 0.6) is 5.75 Å². The molecule has 0 aliphatic carbocycles. The number of rotatable bonds is 1. The summed E-state index contributed by atoms with van der Waals surface area (Å²) in [5.41, 5.74) is 8.79. The molecule has 5 nitrogen and oxygen atoms in total. The van der Waals surface area contributed by atoms with Crippen LogP contribution in [-0.4, -0.2) is 35.2 Å². The first-order valence-corrected chi connectivity index (χ1v) is 10.00. The molecule has 134 valence electrons. The Morgan fingerprint density at radius 2 is 2.15 bits per heavy atom. The summed E-state index contributed by atoms with van der Waals surface area (Å²) in [6.45, 7) is 1.37. The third kappa shape index (κ3) is 2.51. The van der Waals surface area contributed by atoms with Gasteiger partial charge in [-0.1, -0.05) is 29.4 Å². The molecule has 3 atom stereocenters. The van der Waals surface area contributed by atoms with Crippen LogP contribution in [0.25, 0.3) is 11.1 Å². The molecule has 0 unspecified atom stereocenters. The number of thioether (sulfide) groups is 1. The Hall–Kier alpha value is -1.76. The van der Waals surface area contributed by atoms with Crippen LogP contribution in [0.15, 0.2) is 41.7 Å². The van der Waals surface area contributed by atoms with Crippen LogP contribution in [0.4, 0.5) is 0 Å². The minimum atomic E-state index is -0.393. The number of pyridine rings is 1. The predicted molar refractivity (Wildman–Crippen MR) is 104 cm³/mol. The van der Waals surface area contributed by atoms with Gasteiger partial charge in [-0.2, -0.15) is 0 Å². The van der Waals surface area contributed by atoms with Crippen molar-refractivity contribution in [1.82, 2.24) is 4.98 Å². The highest BCUT2D eigenvalue weighted by Gasteiger charge is 2.53. The number of aromatic nitrogens is 1. The molecule has 0 amide bonds. The van der Waals surface area contributed by atoms with Gasteiger partial charge in [-0.25, -0.2) is 4.99 Å². The molecule has 1 spiro atoms. The van der Waals surface area contributed by atoms with Crippen LogP contribution >= 0.6 is 23.4 Å². The topological polar surface area (TPSA) is 69.7 Å². The van der Waals surface area contributed by atoms with Crippen LogP contribution in [0, 0.1) is 5.92 Å². The van der Waals surface area contributed by atoms with Crippen molar-refractivity contribution in [3.8, 4) is 16.9 Å². The van der Waals surface area contributed by atoms with Crippen molar-refractivity contribution in [2.75, 3.05) is 19.0 Å². The van der Waals surface area contributed by atoms with Crippen LogP contribution in [-0.2, 0) is 10.3 Å². The summed E-state index contributed by atoms with van der Waals surface area (Å²) in [6.07, 6.45) is 4.45. The van der Waals surface area contributed by atoms with E-state index in [-0.39, 0.29) is 12.0 Å². The van der Waals surface area contributed by atoms with Crippen molar-refractivity contribution in [2.24, 2.45) is 16.6 Å². The zero-order valence-electron chi connectivity index (χ0n) is 14.0. The van der Waals surface area contributed by atoms with Crippen LogP contribution in [0.2, 0.25) is 5.02 Å². The number of benzene rings is 1. The van der Waals surface area contributed by atoms with Gasteiger partial charge in [0.2, 0.25) is 0 Å². The van der Waals surface area contributed by atoms with Gasteiger partial charge in [0.05, 0.1) is 18.2 Å². The van der Waals surface area contributed by atoms with E-state index in [2.05, 4.69) is 17.1 Å². The molecule has 5 rings (SSSR count). The van der Waals surface area contributed by atoms with Crippen molar-refractivity contribution in [2.45, 2.75) is 18.1 Å². The molecule has 1 saturated heterocycles. The molecule has 0 bridgehead atoms. The summed E-state index contributed by atoms with van der Waals surface area (Å²) >= 11 is 7.73. The van der Waals surface area contributed by atoms with E-state index in [1.807, 2.05) is 18.3 Å². The maximum absolute atomic E-state index is 6.33. The van der Waals surface area contributed by atoms with Crippen molar-refractivity contribution >= 4 is 28.5 Å². The Kier molecular flexibility index (Phi) is 3.88. The van der Waals surface area contributed by atoms with Crippen molar-refractivity contribution in [3.05, 3.63) is 47.2 Å². The van der Waals surface area contributed by atoms with Gasteiger partial charge < -0.3 is 15.2 Å². The van der Waals surface area contributed by atoms with Crippen molar-refractivity contribution in [1.29, 1.82) is 0 Å². The lowest BCUT2D eigenvalue weighted by Gasteiger charge is -2.46. The highest BCUT2D eigenvalue weighted by Crippen LogP contribution is 2.52. The zero-order valence-corrected chi connectivity index (χ0v) is 15.6. The molecule has 0 radical (unpaired) electrons. The number of nitrogens with two attached hydrogens (primary N) is 1. The molecule has 2 aromatic rings. The highest BCUT2D eigenvalue weighted by atomic mass is 35.5. The third-order valence-electron chi connectivity index (χ3n) is 5.42.